The second-order valence-electron chi connectivity index (χ2n) is 4.66. The Balaban J connectivity index is 0.00000180. The van der Waals surface area contributed by atoms with Gasteiger partial charge in [-0.05, 0) is 44.5 Å². The van der Waals surface area contributed by atoms with Crippen molar-refractivity contribution in [2.45, 2.75) is 25.7 Å². The van der Waals surface area contributed by atoms with Gasteiger partial charge in [-0.3, -0.25) is 0 Å². The average molecular weight is 325 g/mol. The molecule has 2 rings (SSSR count). The molecule has 1 aliphatic heterocycles. The second kappa shape index (κ2) is 8.91. The van der Waals surface area contributed by atoms with Gasteiger partial charge in [0, 0.05) is 6.54 Å². The molecule has 0 unspecified atom stereocenters. The Morgan fingerprint density at radius 3 is 2.58 bits per heavy atom. The number of ether oxygens (including phenoxy) is 1. The zero-order chi connectivity index (χ0) is 12.8. The fraction of sp³-hybridized carbons (Fsp3) is 0.571. The van der Waals surface area contributed by atoms with Crippen LogP contribution in [-0.2, 0) is 0 Å². The summed E-state index contributed by atoms with van der Waals surface area (Å²) >= 11 is 12.0. The maximum atomic E-state index is 6.05. The predicted octanol–water partition coefficient (Wildman–Crippen LogP) is 4.67. The minimum Gasteiger partial charge on any atom is -0.492 e. The molecule has 1 aliphatic rings. The molecule has 0 atom stereocenters. The SMILES string of the molecule is Cl.Clc1cccc(OCCCN2CCCCC2)c1Cl. The molecule has 0 spiro atoms. The Bertz CT molecular complexity index is 381. The first-order chi connectivity index (χ1) is 8.77. The van der Waals surface area contributed by atoms with Gasteiger partial charge in [0.25, 0.3) is 0 Å². The minimum atomic E-state index is 0. The van der Waals surface area contributed by atoms with Crippen LogP contribution >= 0.6 is 35.6 Å². The number of nitrogens with zero attached hydrogens (tertiary/aromatic N) is 1. The van der Waals surface area contributed by atoms with Gasteiger partial charge in [-0.2, -0.15) is 0 Å². The van der Waals surface area contributed by atoms with Crippen LogP contribution in [0.2, 0.25) is 10.0 Å². The number of hydrogen-bond donors (Lipinski definition) is 0. The van der Waals surface area contributed by atoms with Crippen molar-refractivity contribution in [3.05, 3.63) is 28.2 Å². The van der Waals surface area contributed by atoms with Gasteiger partial charge >= 0.3 is 0 Å². The standard InChI is InChI=1S/C14H19Cl2NO.ClH/c15-12-6-4-7-13(14(12)16)18-11-5-10-17-8-2-1-3-9-17;/h4,6-7H,1-3,5,8-11H2;1H. The lowest BCUT2D eigenvalue weighted by molar-refractivity contribution is 0.205. The van der Waals surface area contributed by atoms with Crippen LogP contribution in [0.15, 0.2) is 18.2 Å². The normalized spacial score (nSPS) is 15.9. The third kappa shape index (κ3) is 5.39. The van der Waals surface area contributed by atoms with E-state index in [1.54, 1.807) is 6.07 Å². The van der Waals surface area contributed by atoms with E-state index in [1.165, 1.54) is 32.4 Å². The molecule has 2 nitrogen and oxygen atoms in total. The van der Waals surface area contributed by atoms with Crippen LogP contribution in [0.1, 0.15) is 25.7 Å². The molecule has 1 aromatic carbocycles. The first-order valence-corrected chi connectivity index (χ1v) is 7.32. The molecule has 5 heteroatoms. The molecule has 0 amide bonds. The quantitative estimate of drug-likeness (QED) is 0.730. The van der Waals surface area contributed by atoms with E-state index in [-0.39, 0.29) is 12.4 Å². The molecule has 0 bridgehead atoms. The molecule has 1 heterocycles. The molecule has 108 valence electrons. The molecule has 19 heavy (non-hydrogen) atoms. The average Bonchev–Trinajstić information content (AvgIpc) is 2.40. The molecular weight excluding hydrogens is 305 g/mol. The highest BCUT2D eigenvalue weighted by molar-refractivity contribution is 6.42. The zero-order valence-electron chi connectivity index (χ0n) is 10.9. The van der Waals surface area contributed by atoms with Gasteiger partial charge in [0.15, 0.2) is 0 Å². The fourth-order valence-electron chi connectivity index (χ4n) is 2.25. The highest BCUT2D eigenvalue weighted by atomic mass is 35.5. The van der Waals surface area contributed by atoms with Crippen molar-refractivity contribution in [3.8, 4) is 5.75 Å². The van der Waals surface area contributed by atoms with Crippen LogP contribution in [0, 0.1) is 0 Å². The van der Waals surface area contributed by atoms with Crippen LogP contribution in [0.5, 0.6) is 5.75 Å². The van der Waals surface area contributed by atoms with E-state index in [2.05, 4.69) is 4.90 Å². The molecule has 0 aliphatic carbocycles. The third-order valence-electron chi connectivity index (χ3n) is 3.24. The van der Waals surface area contributed by atoms with Gasteiger partial charge in [-0.25, -0.2) is 0 Å². The van der Waals surface area contributed by atoms with Crippen molar-refractivity contribution < 1.29 is 4.74 Å². The highest BCUT2D eigenvalue weighted by Gasteiger charge is 2.09. The van der Waals surface area contributed by atoms with Crippen molar-refractivity contribution in [1.82, 2.24) is 4.90 Å². The van der Waals surface area contributed by atoms with Crippen molar-refractivity contribution in [2.75, 3.05) is 26.2 Å². The lowest BCUT2D eigenvalue weighted by atomic mass is 10.1. The fourth-order valence-corrected chi connectivity index (χ4v) is 2.60. The lowest BCUT2D eigenvalue weighted by Crippen LogP contribution is -2.31. The van der Waals surface area contributed by atoms with E-state index >= 15 is 0 Å². The zero-order valence-corrected chi connectivity index (χ0v) is 13.2. The van der Waals surface area contributed by atoms with E-state index in [4.69, 9.17) is 27.9 Å². The van der Waals surface area contributed by atoms with E-state index in [1.807, 2.05) is 12.1 Å². The number of hydrogen-bond acceptors (Lipinski definition) is 2. The summed E-state index contributed by atoms with van der Waals surface area (Å²) < 4.78 is 5.67. The van der Waals surface area contributed by atoms with Crippen molar-refractivity contribution in [1.29, 1.82) is 0 Å². The minimum absolute atomic E-state index is 0. The summed E-state index contributed by atoms with van der Waals surface area (Å²) in [5, 5.41) is 1.06. The van der Waals surface area contributed by atoms with Crippen molar-refractivity contribution in [2.24, 2.45) is 0 Å². The van der Waals surface area contributed by atoms with Crippen molar-refractivity contribution in [3.63, 3.8) is 0 Å². The molecule has 1 saturated heterocycles. The van der Waals surface area contributed by atoms with E-state index in [0.717, 1.165) is 13.0 Å². The highest BCUT2D eigenvalue weighted by Crippen LogP contribution is 2.31. The molecule has 1 aromatic rings. The number of benzene rings is 1. The molecular formula is C14H20Cl3NO. The van der Waals surface area contributed by atoms with Gasteiger partial charge in [0.05, 0.1) is 11.6 Å². The summed E-state index contributed by atoms with van der Waals surface area (Å²) in [6.45, 7) is 4.27. The maximum absolute atomic E-state index is 6.05. The van der Waals surface area contributed by atoms with E-state index in [0.29, 0.717) is 22.4 Å². The van der Waals surface area contributed by atoms with Crippen LogP contribution in [0.25, 0.3) is 0 Å². The summed E-state index contributed by atoms with van der Waals surface area (Å²) in [5.41, 5.74) is 0. The van der Waals surface area contributed by atoms with Gasteiger partial charge in [0.1, 0.15) is 10.8 Å². The Hall–Kier alpha value is -0.150. The largest absolute Gasteiger partial charge is 0.492 e. The molecule has 0 radical (unpaired) electrons. The summed E-state index contributed by atoms with van der Waals surface area (Å²) in [6, 6.07) is 5.48. The second-order valence-corrected chi connectivity index (χ2v) is 5.44. The van der Waals surface area contributed by atoms with Gasteiger partial charge in [-0.15, -0.1) is 12.4 Å². The number of piperidine rings is 1. The van der Waals surface area contributed by atoms with E-state index < -0.39 is 0 Å². The Morgan fingerprint density at radius 1 is 1.11 bits per heavy atom. The Labute approximate surface area is 131 Å². The summed E-state index contributed by atoms with van der Waals surface area (Å²) in [4.78, 5) is 2.51. The molecule has 0 N–H and O–H groups in total. The molecule has 1 fully saturated rings. The number of halogens is 3. The first-order valence-electron chi connectivity index (χ1n) is 6.56. The van der Waals surface area contributed by atoms with Crippen molar-refractivity contribution >= 4 is 35.6 Å². The third-order valence-corrected chi connectivity index (χ3v) is 4.04. The van der Waals surface area contributed by atoms with Crippen LogP contribution in [0.4, 0.5) is 0 Å². The topological polar surface area (TPSA) is 12.5 Å². The summed E-state index contributed by atoms with van der Waals surface area (Å²) in [5.74, 6) is 0.683. The first kappa shape index (κ1) is 16.9. The Kier molecular flexibility index (Phi) is 7.93. The smallest absolute Gasteiger partial charge is 0.139 e. The monoisotopic (exact) mass is 323 g/mol. The molecule has 0 saturated carbocycles. The summed E-state index contributed by atoms with van der Waals surface area (Å²) in [6.07, 6.45) is 5.08. The van der Waals surface area contributed by atoms with Crippen LogP contribution in [-0.4, -0.2) is 31.1 Å². The van der Waals surface area contributed by atoms with Gasteiger partial charge in [0.2, 0.25) is 0 Å². The van der Waals surface area contributed by atoms with Crippen LogP contribution in [0.3, 0.4) is 0 Å². The summed E-state index contributed by atoms with van der Waals surface area (Å²) in [7, 11) is 0. The predicted molar refractivity (Wildman–Crippen MR) is 84.1 cm³/mol. The Morgan fingerprint density at radius 2 is 1.84 bits per heavy atom. The number of likely N-dealkylation sites (tertiary alicyclic amines) is 1. The maximum Gasteiger partial charge on any atom is 0.139 e. The van der Waals surface area contributed by atoms with Gasteiger partial charge < -0.3 is 9.64 Å². The van der Waals surface area contributed by atoms with Gasteiger partial charge in [-0.1, -0.05) is 35.7 Å². The number of rotatable bonds is 5. The molecule has 0 aromatic heterocycles. The lowest BCUT2D eigenvalue weighted by Gasteiger charge is -2.26. The van der Waals surface area contributed by atoms with E-state index in [9.17, 15) is 0 Å². The van der Waals surface area contributed by atoms with Crippen LogP contribution < -0.4 is 4.74 Å².